The highest BCUT2D eigenvalue weighted by Crippen LogP contribution is 2.27. The molecule has 0 aromatic carbocycles. The number of amides is 2. The maximum absolute atomic E-state index is 14.6. The third-order valence-corrected chi connectivity index (χ3v) is 6.76. The lowest BCUT2D eigenvalue weighted by molar-refractivity contribution is -0.141. The Hall–Kier alpha value is -4.48. The Balaban J connectivity index is 1.20. The van der Waals surface area contributed by atoms with E-state index in [1.807, 2.05) is 0 Å². The van der Waals surface area contributed by atoms with Crippen LogP contribution in [0, 0.1) is 0 Å². The van der Waals surface area contributed by atoms with E-state index in [2.05, 4.69) is 41.1 Å². The molecule has 0 aliphatic heterocycles. The first kappa shape index (κ1) is 31.5. The van der Waals surface area contributed by atoms with Gasteiger partial charge in [-0.2, -0.15) is 13.2 Å². The lowest BCUT2D eigenvalue weighted by atomic mass is 10.1. The number of hydrogen-bond donors (Lipinski definition) is 2. The fourth-order valence-electron chi connectivity index (χ4n) is 3.54. The maximum atomic E-state index is 14.6. The molecule has 0 aliphatic carbocycles. The summed E-state index contributed by atoms with van der Waals surface area (Å²) in [5, 5.41) is 20.3. The van der Waals surface area contributed by atoms with Crippen LogP contribution in [0.25, 0.3) is 0 Å². The summed E-state index contributed by atoms with van der Waals surface area (Å²) in [6, 6.07) is 5.92. The van der Waals surface area contributed by atoms with Gasteiger partial charge in [-0.25, -0.2) is 22.8 Å². The van der Waals surface area contributed by atoms with E-state index in [1.165, 1.54) is 30.5 Å². The van der Waals surface area contributed by atoms with Gasteiger partial charge in [0.05, 0.1) is 37.2 Å². The van der Waals surface area contributed by atoms with Gasteiger partial charge in [-0.1, -0.05) is 22.6 Å². The van der Waals surface area contributed by atoms with Gasteiger partial charge >= 0.3 is 6.18 Å². The molecule has 228 valence electrons. The fourth-order valence-corrected chi connectivity index (χ4v) is 4.32. The molecule has 0 spiro atoms. The summed E-state index contributed by atoms with van der Waals surface area (Å²) < 4.78 is 80.7. The van der Waals surface area contributed by atoms with Gasteiger partial charge in [-0.15, -0.1) is 15.3 Å². The Morgan fingerprint density at radius 1 is 0.977 bits per heavy atom. The quantitative estimate of drug-likeness (QED) is 0.226. The number of aromatic nitrogens is 7. The van der Waals surface area contributed by atoms with Crippen LogP contribution >= 0.6 is 11.3 Å². The zero-order valence-electron chi connectivity index (χ0n) is 22.3. The molecule has 2 amide bonds. The Kier molecular flexibility index (Phi) is 9.67. The monoisotopic (exact) mass is 627 g/mol. The molecule has 1 atom stereocenters. The maximum Gasteiger partial charge on any atom is 0.433 e. The summed E-state index contributed by atoms with van der Waals surface area (Å²) in [5.41, 5.74) is -1.05. The molecule has 18 heteroatoms. The first-order valence-electron chi connectivity index (χ1n) is 12.6. The zero-order chi connectivity index (χ0) is 31.2. The van der Waals surface area contributed by atoms with Gasteiger partial charge in [0.25, 0.3) is 17.7 Å². The zero-order valence-corrected chi connectivity index (χ0v) is 23.1. The standard InChI is InChI=1S/C25H23F6N9O2S/c1-24(27,28)14-5-7-16(32-9-14)10-33-21(41)18-13-40(39-36-18)12-15(26)6-8-20-37-38-23(43-20)22(42)34-11-17-3-2-4-19(35-17)25(29,30)31/h2-5,7,9,13,15H,6,8,10-12H2,1H3,(H,33,41)(H,34,42). The summed E-state index contributed by atoms with van der Waals surface area (Å²) in [7, 11) is 0. The second kappa shape index (κ2) is 13.2. The van der Waals surface area contributed by atoms with E-state index in [-0.39, 0.29) is 54.4 Å². The Labute approximate surface area is 243 Å². The summed E-state index contributed by atoms with van der Waals surface area (Å²) in [4.78, 5) is 32.0. The number of rotatable bonds is 12. The molecule has 0 radical (unpaired) electrons. The number of aryl methyl sites for hydroxylation is 1. The second-order valence-corrected chi connectivity index (χ2v) is 10.3. The molecule has 4 heterocycles. The normalized spacial score (nSPS) is 12.6. The highest BCUT2D eigenvalue weighted by Gasteiger charge is 2.32. The molecule has 4 aromatic heterocycles. The van der Waals surface area contributed by atoms with Crippen LogP contribution in [0.4, 0.5) is 26.3 Å². The van der Waals surface area contributed by atoms with Crippen molar-refractivity contribution in [2.24, 2.45) is 0 Å². The number of halogens is 6. The van der Waals surface area contributed by atoms with Gasteiger partial charge in [0.2, 0.25) is 5.01 Å². The van der Waals surface area contributed by atoms with Crippen LogP contribution in [0.5, 0.6) is 0 Å². The minimum Gasteiger partial charge on any atom is -0.345 e. The first-order valence-corrected chi connectivity index (χ1v) is 13.4. The number of carbonyl (C=O) groups is 2. The van der Waals surface area contributed by atoms with Crippen molar-refractivity contribution in [2.45, 2.75) is 57.7 Å². The summed E-state index contributed by atoms with van der Waals surface area (Å²) in [6.07, 6.45) is -3.61. The number of alkyl halides is 6. The van der Waals surface area contributed by atoms with Crippen molar-refractivity contribution in [1.29, 1.82) is 0 Å². The number of pyridine rings is 2. The average molecular weight is 628 g/mol. The van der Waals surface area contributed by atoms with Gasteiger partial charge in [0, 0.05) is 25.1 Å². The molecule has 0 saturated heterocycles. The van der Waals surface area contributed by atoms with Crippen LogP contribution in [0.15, 0.2) is 42.7 Å². The summed E-state index contributed by atoms with van der Waals surface area (Å²) in [6.45, 7) is 0.231. The van der Waals surface area contributed by atoms with Gasteiger partial charge in [-0.3, -0.25) is 14.6 Å². The first-order chi connectivity index (χ1) is 20.3. The molecule has 1 unspecified atom stereocenters. The van der Waals surface area contributed by atoms with E-state index >= 15 is 0 Å². The van der Waals surface area contributed by atoms with E-state index in [0.717, 1.165) is 35.2 Å². The molecular formula is C25H23F6N9O2S. The predicted molar refractivity (Wildman–Crippen MR) is 139 cm³/mol. The Morgan fingerprint density at radius 3 is 2.42 bits per heavy atom. The van der Waals surface area contributed by atoms with Gasteiger partial charge in [-0.05, 0) is 30.7 Å². The molecule has 0 bridgehead atoms. The minimum atomic E-state index is -4.61. The third-order valence-electron chi connectivity index (χ3n) is 5.78. The summed E-state index contributed by atoms with van der Waals surface area (Å²) in [5.74, 6) is -4.31. The van der Waals surface area contributed by atoms with E-state index in [4.69, 9.17) is 0 Å². The number of nitrogens with zero attached hydrogens (tertiary/aromatic N) is 7. The smallest absolute Gasteiger partial charge is 0.345 e. The van der Waals surface area contributed by atoms with Crippen LogP contribution in [0.2, 0.25) is 0 Å². The molecule has 4 aromatic rings. The van der Waals surface area contributed by atoms with Crippen molar-refractivity contribution in [3.63, 3.8) is 0 Å². The van der Waals surface area contributed by atoms with Gasteiger partial charge in [0.1, 0.15) is 16.9 Å². The molecule has 0 fully saturated rings. The third kappa shape index (κ3) is 9.00. The highest BCUT2D eigenvalue weighted by molar-refractivity contribution is 7.13. The number of nitrogens with one attached hydrogen (secondary N) is 2. The van der Waals surface area contributed by atoms with Crippen molar-refractivity contribution in [3.8, 4) is 0 Å². The van der Waals surface area contributed by atoms with Crippen LogP contribution in [0.1, 0.15) is 61.3 Å². The molecule has 11 nitrogen and oxygen atoms in total. The summed E-state index contributed by atoms with van der Waals surface area (Å²) >= 11 is 0.914. The van der Waals surface area contributed by atoms with E-state index < -0.39 is 35.8 Å². The number of carbonyl (C=O) groups excluding carboxylic acids is 2. The van der Waals surface area contributed by atoms with Crippen molar-refractivity contribution in [3.05, 3.63) is 81.1 Å². The SMILES string of the molecule is CC(F)(F)c1ccc(CNC(=O)c2cn(CC(F)CCc3nnc(C(=O)NCc4cccc(C(F)(F)F)n4)s3)nn2)nc1. The van der Waals surface area contributed by atoms with Gasteiger partial charge in [0.15, 0.2) is 5.69 Å². The highest BCUT2D eigenvalue weighted by atomic mass is 32.1. The molecule has 4 rings (SSSR count). The van der Waals surface area contributed by atoms with Gasteiger partial charge < -0.3 is 10.6 Å². The van der Waals surface area contributed by atoms with Crippen LogP contribution in [0.3, 0.4) is 0 Å². The van der Waals surface area contributed by atoms with E-state index in [1.54, 1.807) is 0 Å². The topological polar surface area (TPSA) is 140 Å². The minimum absolute atomic E-state index is 0.00958. The lowest BCUT2D eigenvalue weighted by Gasteiger charge is -2.10. The molecule has 43 heavy (non-hydrogen) atoms. The molecule has 2 N–H and O–H groups in total. The molecular weight excluding hydrogens is 604 g/mol. The number of hydrogen-bond acceptors (Lipinski definition) is 9. The lowest BCUT2D eigenvalue weighted by Crippen LogP contribution is -2.24. The van der Waals surface area contributed by atoms with Crippen molar-refractivity contribution in [1.82, 2.24) is 45.8 Å². The van der Waals surface area contributed by atoms with Crippen molar-refractivity contribution < 1.29 is 35.9 Å². The van der Waals surface area contributed by atoms with Crippen LogP contribution in [-0.2, 0) is 38.2 Å². The largest absolute Gasteiger partial charge is 0.433 e. The Bertz CT molecular complexity index is 1550. The fraction of sp³-hybridized carbons (Fsp3) is 0.360. The van der Waals surface area contributed by atoms with Crippen molar-refractivity contribution in [2.75, 3.05) is 0 Å². The van der Waals surface area contributed by atoms with Crippen molar-refractivity contribution >= 4 is 23.2 Å². The second-order valence-electron chi connectivity index (χ2n) is 9.27. The molecule has 0 aliphatic rings. The van der Waals surface area contributed by atoms with Crippen LogP contribution in [-0.4, -0.2) is 53.1 Å². The molecule has 0 saturated carbocycles. The Morgan fingerprint density at radius 2 is 1.72 bits per heavy atom. The average Bonchev–Trinajstić information content (AvgIpc) is 3.63. The van der Waals surface area contributed by atoms with E-state index in [9.17, 15) is 35.9 Å². The van der Waals surface area contributed by atoms with Crippen LogP contribution < -0.4 is 10.6 Å². The van der Waals surface area contributed by atoms with E-state index in [0.29, 0.717) is 10.7 Å². The predicted octanol–water partition coefficient (Wildman–Crippen LogP) is 3.88.